The van der Waals surface area contributed by atoms with Gasteiger partial charge in [0.25, 0.3) is 0 Å². The molecule has 2 heterocycles. The molecule has 18 heavy (non-hydrogen) atoms. The van der Waals surface area contributed by atoms with Gasteiger partial charge < -0.3 is 4.74 Å². The summed E-state index contributed by atoms with van der Waals surface area (Å²) in [6.45, 7) is 2.39. The SMILES string of the molecule is CC1OCCC1NS(=O)(=O)c1ccc(C#N)nc1. The van der Waals surface area contributed by atoms with Gasteiger partial charge in [0.15, 0.2) is 0 Å². The van der Waals surface area contributed by atoms with Gasteiger partial charge in [-0.3, -0.25) is 0 Å². The fourth-order valence-electron chi connectivity index (χ4n) is 1.76. The number of hydrogen-bond donors (Lipinski definition) is 1. The van der Waals surface area contributed by atoms with Crippen LogP contribution in [0.3, 0.4) is 0 Å². The van der Waals surface area contributed by atoms with Crippen molar-refractivity contribution in [1.29, 1.82) is 5.26 Å². The van der Waals surface area contributed by atoms with E-state index in [-0.39, 0.29) is 22.7 Å². The molecule has 2 atom stereocenters. The lowest BCUT2D eigenvalue weighted by Gasteiger charge is -2.15. The van der Waals surface area contributed by atoms with Crippen molar-refractivity contribution in [2.24, 2.45) is 0 Å². The molecule has 2 rings (SSSR count). The molecular weight excluding hydrogens is 254 g/mol. The van der Waals surface area contributed by atoms with E-state index in [4.69, 9.17) is 10.00 Å². The zero-order valence-electron chi connectivity index (χ0n) is 9.83. The van der Waals surface area contributed by atoms with E-state index >= 15 is 0 Å². The van der Waals surface area contributed by atoms with Crippen molar-refractivity contribution in [3.63, 3.8) is 0 Å². The lowest BCUT2D eigenvalue weighted by Crippen LogP contribution is -2.39. The van der Waals surface area contributed by atoms with Crippen molar-refractivity contribution in [3.8, 4) is 6.07 Å². The van der Waals surface area contributed by atoms with Crippen molar-refractivity contribution in [1.82, 2.24) is 9.71 Å². The quantitative estimate of drug-likeness (QED) is 0.856. The largest absolute Gasteiger partial charge is 0.377 e. The zero-order chi connectivity index (χ0) is 13.2. The van der Waals surface area contributed by atoms with Crippen LogP contribution >= 0.6 is 0 Å². The predicted molar refractivity (Wildman–Crippen MR) is 63.1 cm³/mol. The van der Waals surface area contributed by atoms with E-state index < -0.39 is 10.0 Å². The number of sulfonamides is 1. The van der Waals surface area contributed by atoms with Crippen LogP contribution in [0.25, 0.3) is 0 Å². The monoisotopic (exact) mass is 267 g/mol. The molecule has 1 aliphatic heterocycles. The molecule has 0 bridgehead atoms. The molecule has 6 nitrogen and oxygen atoms in total. The second kappa shape index (κ2) is 5.02. The van der Waals surface area contributed by atoms with Crippen molar-refractivity contribution < 1.29 is 13.2 Å². The molecular formula is C11H13N3O3S. The molecule has 1 saturated heterocycles. The summed E-state index contributed by atoms with van der Waals surface area (Å²) in [5.74, 6) is 0. The van der Waals surface area contributed by atoms with Gasteiger partial charge in [-0.2, -0.15) is 5.26 Å². The van der Waals surface area contributed by atoms with Gasteiger partial charge >= 0.3 is 0 Å². The van der Waals surface area contributed by atoms with Crippen LogP contribution in [0.2, 0.25) is 0 Å². The maximum absolute atomic E-state index is 12.0. The highest BCUT2D eigenvalue weighted by molar-refractivity contribution is 7.89. The Morgan fingerprint density at radius 3 is 2.83 bits per heavy atom. The molecule has 0 radical (unpaired) electrons. The van der Waals surface area contributed by atoms with Crippen molar-refractivity contribution in [2.45, 2.75) is 30.4 Å². The number of nitriles is 1. The van der Waals surface area contributed by atoms with Gasteiger partial charge in [-0.05, 0) is 25.5 Å². The second-order valence-electron chi connectivity index (χ2n) is 4.08. The van der Waals surface area contributed by atoms with Gasteiger partial charge in [0.05, 0.1) is 12.1 Å². The highest BCUT2D eigenvalue weighted by Crippen LogP contribution is 2.16. The molecule has 0 saturated carbocycles. The standard InChI is InChI=1S/C11H13N3O3S/c1-8-11(4-5-17-8)14-18(15,16)10-3-2-9(6-12)13-7-10/h2-3,7-8,11,14H,4-5H2,1H3. The Balaban J connectivity index is 2.17. The van der Waals surface area contributed by atoms with E-state index in [1.54, 1.807) is 0 Å². The molecule has 1 aromatic heterocycles. The van der Waals surface area contributed by atoms with E-state index in [0.717, 1.165) is 0 Å². The Labute approximate surface area is 106 Å². The molecule has 0 spiro atoms. The van der Waals surface area contributed by atoms with E-state index in [0.29, 0.717) is 13.0 Å². The summed E-state index contributed by atoms with van der Waals surface area (Å²) < 4.78 is 32.0. The summed E-state index contributed by atoms with van der Waals surface area (Å²) in [5, 5.41) is 8.60. The fourth-order valence-corrected chi connectivity index (χ4v) is 3.04. The third-order valence-electron chi connectivity index (χ3n) is 2.84. The molecule has 0 aliphatic carbocycles. The smallest absolute Gasteiger partial charge is 0.242 e. The Kier molecular flexibility index (Phi) is 3.61. The van der Waals surface area contributed by atoms with Gasteiger partial charge in [0.1, 0.15) is 16.7 Å². The lowest BCUT2D eigenvalue weighted by atomic mass is 10.2. The maximum Gasteiger partial charge on any atom is 0.242 e. The normalized spacial score (nSPS) is 23.8. The van der Waals surface area contributed by atoms with Gasteiger partial charge in [-0.25, -0.2) is 18.1 Å². The van der Waals surface area contributed by atoms with Crippen LogP contribution in [-0.2, 0) is 14.8 Å². The van der Waals surface area contributed by atoms with Crippen LogP contribution in [0.5, 0.6) is 0 Å². The first-order valence-corrected chi connectivity index (χ1v) is 7.01. The first kappa shape index (κ1) is 13.0. The van der Waals surface area contributed by atoms with Crippen LogP contribution in [0.15, 0.2) is 23.2 Å². The summed E-state index contributed by atoms with van der Waals surface area (Å²) in [5.41, 5.74) is 0.187. The van der Waals surface area contributed by atoms with Gasteiger partial charge in [0.2, 0.25) is 10.0 Å². The summed E-state index contributed by atoms with van der Waals surface area (Å²) in [6.07, 6.45) is 1.71. The van der Waals surface area contributed by atoms with Crippen LogP contribution in [0, 0.1) is 11.3 Å². The first-order chi connectivity index (χ1) is 8.53. The van der Waals surface area contributed by atoms with Crippen molar-refractivity contribution in [2.75, 3.05) is 6.61 Å². The fraction of sp³-hybridized carbons (Fsp3) is 0.455. The molecule has 1 fully saturated rings. The molecule has 7 heteroatoms. The summed E-state index contributed by atoms with van der Waals surface area (Å²) >= 11 is 0. The predicted octanol–water partition coefficient (Wildman–Crippen LogP) is 0.409. The van der Waals surface area contributed by atoms with E-state index in [9.17, 15) is 8.42 Å². The van der Waals surface area contributed by atoms with Crippen molar-refractivity contribution in [3.05, 3.63) is 24.0 Å². The Morgan fingerprint density at radius 2 is 2.33 bits per heavy atom. The highest BCUT2D eigenvalue weighted by atomic mass is 32.2. The van der Waals surface area contributed by atoms with Crippen LogP contribution < -0.4 is 4.72 Å². The Morgan fingerprint density at radius 1 is 1.56 bits per heavy atom. The van der Waals surface area contributed by atoms with Crippen LogP contribution in [-0.4, -0.2) is 32.2 Å². The Hall–Kier alpha value is -1.49. The first-order valence-electron chi connectivity index (χ1n) is 5.53. The average Bonchev–Trinajstić information content (AvgIpc) is 2.74. The van der Waals surface area contributed by atoms with Crippen molar-refractivity contribution >= 4 is 10.0 Å². The topological polar surface area (TPSA) is 92.1 Å². The van der Waals surface area contributed by atoms with E-state index in [2.05, 4.69) is 9.71 Å². The lowest BCUT2D eigenvalue weighted by molar-refractivity contribution is 0.117. The summed E-state index contributed by atoms with van der Waals surface area (Å²) in [4.78, 5) is 3.80. The van der Waals surface area contributed by atoms with Crippen LogP contribution in [0.1, 0.15) is 19.0 Å². The zero-order valence-corrected chi connectivity index (χ0v) is 10.6. The number of rotatable bonds is 3. The van der Waals surface area contributed by atoms with E-state index in [1.165, 1.54) is 18.3 Å². The minimum absolute atomic E-state index is 0.0561. The molecule has 1 N–H and O–H groups in total. The van der Waals surface area contributed by atoms with Gasteiger partial charge in [-0.15, -0.1) is 0 Å². The summed E-state index contributed by atoms with van der Waals surface area (Å²) in [6, 6.07) is 4.37. The third-order valence-corrected chi connectivity index (χ3v) is 4.32. The number of aromatic nitrogens is 1. The van der Waals surface area contributed by atoms with E-state index in [1.807, 2.05) is 13.0 Å². The number of ether oxygens (including phenoxy) is 1. The van der Waals surface area contributed by atoms with Gasteiger partial charge in [-0.1, -0.05) is 0 Å². The minimum atomic E-state index is -3.60. The molecule has 2 unspecified atom stereocenters. The second-order valence-corrected chi connectivity index (χ2v) is 5.80. The number of hydrogen-bond acceptors (Lipinski definition) is 5. The maximum atomic E-state index is 12.0. The van der Waals surface area contributed by atoms with Crippen LogP contribution in [0.4, 0.5) is 0 Å². The molecule has 1 aliphatic rings. The molecule has 96 valence electrons. The number of pyridine rings is 1. The molecule has 0 aromatic carbocycles. The molecule has 0 amide bonds. The summed E-state index contributed by atoms with van der Waals surface area (Å²) in [7, 11) is -3.60. The average molecular weight is 267 g/mol. The highest BCUT2D eigenvalue weighted by Gasteiger charge is 2.29. The minimum Gasteiger partial charge on any atom is -0.377 e. The van der Waals surface area contributed by atoms with Gasteiger partial charge in [0, 0.05) is 12.8 Å². The number of nitrogens with zero attached hydrogens (tertiary/aromatic N) is 2. The third kappa shape index (κ3) is 2.67. The molecule has 1 aromatic rings. The number of nitrogens with one attached hydrogen (secondary N) is 1. The Bertz CT molecular complexity index is 562.